The Morgan fingerprint density at radius 3 is 2.63 bits per heavy atom. The molecule has 102 valence electrons. The van der Waals surface area contributed by atoms with Crippen LogP contribution in [0.25, 0.3) is 0 Å². The highest BCUT2D eigenvalue weighted by Crippen LogP contribution is 2.20. The standard InChI is InChI=1S/C12H15N3O3S/c1-9-7-11(3-4-12(9)19(13,16)17)18-8-10-5-6-15(2)14-10/h3-7H,8H2,1-2H3,(H2,13,16,17). The first kappa shape index (κ1) is 13.6. The molecule has 7 heteroatoms. The first-order valence-corrected chi connectivity index (χ1v) is 7.15. The number of nitrogens with zero attached hydrogens (tertiary/aromatic N) is 2. The first-order valence-electron chi connectivity index (χ1n) is 5.61. The van der Waals surface area contributed by atoms with E-state index in [4.69, 9.17) is 9.88 Å². The summed E-state index contributed by atoms with van der Waals surface area (Å²) in [5, 5.41) is 9.27. The number of ether oxygens (including phenoxy) is 1. The number of nitrogens with two attached hydrogens (primary N) is 1. The minimum atomic E-state index is -3.69. The summed E-state index contributed by atoms with van der Waals surface area (Å²) in [6.07, 6.45) is 1.83. The predicted molar refractivity (Wildman–Crippen MR) is 70.1 cm³/mol. The molecule has 0 aliphatic rings. The zero-order valence-corrected chi connectivity index (χ0v) is 11.5. The zero-order chi connectivity index (χ0) is 14.0. The molecule has 1 aromatic heterocycles. The molecule has 2 N–H and O–H groups in total. The third kappa shape index (κ3) is 3.33. The van der Waals surface area contributed by atoms with Crippen molar-refractivity contribution in [3.05, 3.63) is 41.7 Å². The second-order valence-electron chi connectivity index (χ2n) is 4.24. The van der Waals surface area contributed by atoms with Crippen LogP contribution in [-0.2, 0) is 23.7 Å². The molecule has 0 aliphatic carbocycles. The number of hydrogen-bond donors (Lipinski definition) is 1. The van der Waals surface area contributed by atoms with Gasteiger partial charge in [0.2, 0.25) is 10.0 Å². The van der Waals surface area contributed by atoms with E-state index in [0.717, 1.165) is 5.69 Å². The van der Waals surface area contributed by atoms with Crippen molar-refractivity contribution in [2.24, 2.45) is 12.2 Å². The second kappa shape index (κ2) is 5.02. The van der Waals surface area contributed by atoms with E-state index in [0.29, 0.717) is 17.9 Å². The van der Waals surface area contributed by atoms with Gasteiger partial charge in [-0.3, -0.25) is 4.68 Å². The number of sulfonamides is 1. The number of aromatic nitrogens is 2. The molecule has 0 bridgehead atoms. The quantitative estimate of drug-likeness (QED) is 0.904. The molecule has 1 heterocycles. The summed E-state index contributed by atoms with van der Waals surface area (Å²) in [6.45, 7) is 2.00. The Balaban J connectivity index is 2.12. The summed E-state index contributed by atoms with van der Waals surface area (Å²) in [6, 6.07) is 6.52. The Morgan fingerprint density at radius 2 is 2.11 bits per heavy atom. The van der Waals surface area contributed by atoms with Crippen molar-refractivity contribution in [3.8, 4) is 5.75 Å². The van der Waals surface area contributed by atoms with E-state index in [1.807, 2.05) is 19.3 Å². The van der Waals surface area contributed by atoms with E-state index >= 15 is 0 Å². The van der Waals surface area contributed by atoms with Crippen LogP contribution in [0, 0.1) is 6.92 Å². The van der Waals surface area contributed by atoms with Gasteiger partial charge in [0.15, 0.2) is 0 Å². The number of rotatable bonds is 4. The zero-order valence-electron chi connectivity index (χ0n) is 10.7. The van der Waals surface area contributed by atoms with Crippen molar-refractivity contribution >= 4 is 10.0 Å². The lowest BCUT2D eigenvalue weighted by molar-refractivity contribution is 0.299. The van der Waals surface area contributed by atoms with E-state index < -0.39 is 10.0 Å². The summed E-state index contributed by atoms with van der Waals surface area (Å²) < 4.78 is 29.8. The van der Waals surface area contributed by atoms with E-state index in [9.17, 15) is 8.42 Å². The van der Waals surface area contributed by atoms with Crippen LogP contribution in [0.5, 0.6) is 5.75 Å². The molecule has 2 aromatic rings. The molecule has 0 radical (unpaired) electrons. The molecule has 0 fully saturated rings. The lowest BCUT2D eigenvalue weighted by atomic mass is 10.2. The highest BCUT2D eigenvalue weighted by molar-refractivity contribution is 7.89. The third-order valence-electron chi connectivity index (χ3n) is 2.61. The van der Waals surface area contributed by atoms with Crippen molar-refractivity contribution in [1.29, 1.82) is 0 Å². The fourth-order valence-electron chi connectivity index (χ4n) is 1.73. The number of aryl methyl sites for hydroxylation is 2. The lowest BCUT2D eigenvalue weighted by Gasteiger charge is -2.08. The van der Waals surface area contributed by atoms with Crippen molar-refractivity contribution < 1.29 is 13.2 Å². The van der Waals surface area contributed by atoms with Gasteiger partial charge in [0.25, 0.3) is 0 Å². The number of hydrogen-bond acceptors (Lipinski definition) is 4. The van der Waals surface area contributed by atoms with Gasteiger partial charge in [-0.05, 0) is 36.8 Å². The van der Waals surface area contributed by atoms with Crippen LogP contribution in [0.4, 0.5) is 0 Å². The molecule has 6 nitrogen and oxygen atoms in total. The molecule has 0 unspecified atom stereocenters. The van der Waals surface area contributed by atoms with Gasteiger partial charge >= 0.3 is 0 Å². The van der Waals surface area contributed by atoms with E-state index in [2.05, 4.69) is 5.10 Å². The van der Waals surface area contributed by atoms with E-state index in [1.54, 1.807) is 23.7 Å². The van der Waals surface area contributed by atoms with Gasteiger partial charge in [0.05, 0.1) is 10.6 Å². The molecule has 0 spiro atoms. The van der Waals surface area contributed by atoms with Gasteiger partial charge in [0.1, 0.15) is 12.4 Å². The molecule has 0 saturated heterocycles. The average molecular weight is 281 g/mol. The Kier molecular flexibility index (Phi) is 3.59. The Bertz CT molecular complexity index is 692. The molecule has 2 rings (SSSR count). The fourth-order valence-corrected chi connectivity index (χ4v) is 2.49. The molecule has 0 amide bonds. The van der Waals surface area contributed by atoms with Crippen LogP contribution in [0.1, 0.15) is 11.3 Å². The average Bonchev–Trinajstić information content (AvgIpc) is 2.71. The largest absolute Gasteiger partial charge is 0.487 e. The SMILES string of the molecule is Cc1cc(OCc2ccn(C)n2)ccc1S(N)(=O)=O. The van der Waals surface area contributed by atoms with Crippen molar-refractivity contribution in [3.63, 3.8) is 0 Å². The molecule has 0 atom stereocenters. The minimum absolute atomic E-state index is 0.109. The Labute approximate surface area is 111 Å². The van der Waals surface area contributed by atoms with Crippen LogP contribution in [-0.4, -0.2) is 18.2 Å². The molecule has 0 saturated carbocycles. The summed E-state index contributed by atoms with van der Waals surface area (Å²) in [5.41, 5.74) is 1.36. The fraction of sp³-hybridized carbons (Fsp3) is 0.250. The maximum absolute atomic E-state index is 11.3. The molecule has 1 aromatic carbocycles. The van der Waals surface area contributed by atoms with Gasteiger partial charge in [-0.25, -0.2) is 13.6 Å². The number of primary sulfonamides is 1. The van der Waals surface area contributed by atoms with Gasteiger partial charge < -0.3 is 4.74 Å². The first-order chi connectivity index (χ1) is 8.86. The van der Waals surface area contributed by atoms with Gasteiger partial charge in [-0.15, -0.1) is 0 Å². The van der Waals surface area contributed by atoms with Crippen LogP contribution in [0.2, 0.25) is 0 Å². The van der Waals surface area contributed by atoms with Crippen molar-refractivity contribution in [2.75, 3.05) is 0 Å². The third-order valence-corrected chi connectivity index (χ3v) is 3.68. The van der Waals surface area contributed by atoms with Gasteiger partial charge in [-0.1, -0.05) is 0 Å². The normalized spacial score (nSPS) is 11.5. The van der Waals surface area contributed by atoms with E-state index in [-0.39, 0.29) is 4.90 Å². The monoisotopic (exact) mass is 281 g/mol. The van der Waals surface area contributed by atoms with Crippen molar-refractivity contribution in [2.45, 2.75) is 18.4 Å². The predicted octanol–water partition coefficient (Wildman–Crippen LogP) is 0.955. The summed E-state index contributed by atoms with van der Waals surface area (Å²) in [7, 11) is -1.86. The molecular formula is C12H15N3O3S. The summed E-state index contributed by atoms with van der Waals surface area (Å²) in [4.78, 5) is 0.109. The summed E-state index contributed by atoms with van der Waals surface area (Å²) >= 11 is 0. The van der Waals surface area contributed by atoms with Crippen LogP contribution >= 0.6 is 0 Å². The maximum atomic E-state index is 11.3. The van der Waals surface area contributed by atoms with Gasteiger partial charge in [0, 0.05) is 13.2 Å². The van der Waals surface area contributed by atoms with Crippen LogP contribution < -0.4 is 9.88 Å². The van der Waals surface area contributed by atoms with Crippen molar-refractivity contribution in [1.82, 2.24) is 9.78 Å². The van der Waals surface area contributed by atoms with E-state index in [1.165, 1.54) is 6.07 Å². The maximum Gasteiger partial charge on any atom is 0.238 e. The summed E-state index contributed by atoms with van der Waals surface area (Å²) in [5.74, 6) is 0.579. The van der Waals surface area contributed by atoms with Gasteiger partial charge in [-0.2, -0.15) is 5.10 Å². The minimum Gasteiger partial charge on any atom is -0.487 e. The topological polar surface area (TPSA) is 87.2 Å². The number of benzene rings is 1. The highest BCUT2D eigenvalue weighted by atomic mass is 32.2. The van der Waals surface area contributed by atoms with Crippen LogP contribution in [0.3, 0.4) is 0 Å². The smallest absolute Gasteiger partial charge is 0.238 e. The highest BCUT2D eigenvalue weighted by Gasteiger charge is 2.11. The lowest BCUT2D eigenvalue weighted by Crippen LogP contribution is -2.13. The molecular weight excluding hydrogens is 266 g/mol. The Morgan fingerprint density at radius 1 is 1.37 bits per heavy atom. The Hall–Kier alpha value is -1.86. The molecule has 0 aliphatic heterocycles. The second-order valence-corrected chi connectivity index (χ2v) is 5.77. The van der Waals surface area contributed by atoms with Crippen LogP contribution in [0.15, 0.2) is 35.4 Å². The molecule has 19 heavy (non-hydrogen) atoms.